The van der Waals surface area contributed by atoms with Crippen molar-refractivity contribution in [1.29, 1.82) is 0 Å². The van der Waals surface area contributed by atoms with Gasteiger partial charge in [-0.3, -0.25) is 4.90 Å². The van der Waals surface area contributed by atoms with Gasteiger partial charge in [0.2, 0.25) is 5.95 Å². The summed E-state index contributed by atoms with van der Waals surface area (Å²) in [6.45, 7) is 9.29. The summed E-state index contributed by atoms with van der Waals surface area (Å²) >= 11 is 6.08. The van der Waals surface area contributed by atoms with Crippen LogP contribution in [0.15, 0.2) is 6.07 Å². The van der Waals surface area contributed by atoms with Gasteiger partial charge >= 0.3 is 6.09 Å². The van der Waals surface area contributed by atoms with Crippen molar-refractivity contribution in [2.75, 3.05) is 30.4 Å². The average molecular weight is 356 g/mol. The van der Waals surface area contributed by atoms with Gasteiger partial charge in [-0.2, -0.15) is 4.98 Å². The number of carbonyl (C=O) groups is 1. The van der Waals surface area contributed by atoms with Crippen molar-refractivity contribution in [3.63, 3.8) is 0 Å². The SMILES string of the molecule is CNc1nc(Cl)cc(N2C[C@H](C)C[C@@H](N(C(=O)O)C(C)(C)C)C2)n1. The molecule has 0 unspecified atom stereocenters. The van der Waals surface area contributed by atoms with E-state index < -0.39 is 11.6 Å². The van der Waals surface area contributed by atoms with Crippen LogP contribution in [0.25, 0.3) is 0 Å². The van der Waals surface area contributed by atoms with Gasteiger partial charge in [0, 0.05) is 31.7 Å². The Balaban J connectivity index is 2.30. The fourth-order valence-electron chi connectivity index (χ4n) is 3.36. The van der Waals surface area contributed by atoms with Gasteiger partial charge in [0.1, 0.15) is 11.0 Å². The third-order valence-corrected chi connectivity index (χ3v) is 4.35. The number of piperidine rings is 1. The zero-order valence-electron chi connectivity index (χ0n) is 14.9. The highest BCUT2D eigenvalue weighted by Gasteiger charge is 2.38. The van der Waals surface area contributed by atoms with E-state index in [0.29, 0.717) is 23.6 Å². The molecule has 1 aromatic heterocycles. The molecule has 2 N–H and O–H groups in total. The second kappa shape index (κ2) is 7.01. The monoisotopic (exact) mass is 355 g/mol. The van der Waals surface area contributed by atoms with Crippen molar-refractivity contribution in [3.8, 4) is 0 Å². The third kappa shape index (κ3) is 4.20. The Morgan fingerprint density at radius 2 is 2.08 bits per heavy atom. The fourth-order valence-corrected chi connectivity index (χ4v) is 3.54. The van der Waals surface area contributed by atoms with Gasteiger partial charge in [-0.1, -0.05) is 18.5 Å². The number of nitrogens with zero attached hydrogens (tertiary/aromatic N) is 4. The van der Waals surface area contributed by atoms with Gasteiger partial charge in [0.15, 0.2) is 0 Å². The first-order valence-corrected chi connectivity index (χ1v) is 8.49. The van der Waals surface area contributed by atoms with Crippen LogP contribution in [-0.4, -0.2) is 57.8 Å². The molecule has 0 bridgehead atoms. The van der Waals surface area contributed by atoms with E-state index in [0.717, 1.165) is 18.8 Å². The van der Waals surface area contributed by atoms with E-state index in [-0.39, 0.29) is 6.04 Å². The first-order chi connectivity index (χ1) is 11.1. The average Bonchev–Trinajstić information content (AvgIpc) is 2.44. The van der Waals surface area contributed by atoms with E-state index in [1.165, 1.54) is 0 Å². The zero-order chi connectivity index (χ0) is 18.1. The Morgan fingerprint density at radius 3 is 2.62 bits per heavy atom. The minimum atomic E-state index is -0.891. The molecule has 0 spiro atoms. The number of aromatic nitrogens is 2. The van der Waals surface area contributed by atoms with Crippen LogP contribution in [0.4, 0.5) is 16.6 Å². The summed E-state index contributed by atoms with van der Waals surface area (Å²) in [7, 11) is 1.74. The van der Waals surface area contributed by atoms with Crippen LogP contribution in [-0.2, 0) is 0 Å². The Kier molecular flexibility index (Phi) is 5.42. The lowest BCUT2D eigenvalue weighted by molar-refractivity contribution is 0.0587. The number of halogens is 1. The van der Waals surface area contributed by atoms with Gasteiger partial charge in [-0.05, 0) is 33.1 Å². The van der Waals surface area contributed by atoms with Gasteiger partial charge in [-0.15, -0.1) is 0 Å². The lowest BCUT2D eigenvalue weighted by Gasteiger charge is -2.46. The van der Waals surface area contributed by atoms with Crippen LogP contribution in [0.3, 0.4) is 0 Å². The Labute approximate surface area is 148 Å². The molecule has 1 fully saturated rings. The van der Waals surface area contributed by atoms with Gasteiger partial charge < -0.3 is 15.3 Å². The number of hydrogen-bond donors (Lipinski definition) is 2. The summed E-state index contributed by atoms with van der Waals surface area (Å²) in [5, 5.41) is 12.9. The maximum Gasteiger partial charge on any atom is 0.408 e. The molecule has 2 rings (SSSR count). The topological polar surface area (TPSA) is 81.6 Å². The highest BCUT2D eigenvalue weighted by atomic mass is 35.5. The van der Waals surface area contributed by atoms with E-state index in [9.17, 15) is 9.90 Å². The fraction of sp³-hybridized carbons (Fsp3) is 0.688. The van der Waals surface area contributed by atoms with E-state index in [2.05, 4.69) is 27.1 Å². The molecule has 1 aliphatic heterocycles. The number of amides is 1. The van der Waals surface area contributed by atoms with Crippen molar-refractivity contribution in [2.24, 2.45) is 5.92 Å². The number of hydrogen-bond acceptors (Lipinski definition) is 5. The highest BCUT2D eigenvalue weighted by molar-refractivity contribution is 6.29. The van der Waals surface area contributed by atoms with Gasteiger partial charge in [0.25, 0.3) is 0 Å². The lowest BCUT2D eigenvalue weighted by Crippen LogP contribution is -2.58. The van der Waals surface area contributed by atoms with E-state index in [4.69, 9.17) is 11.6 Å². The Bertz CT molecular complexity index is 605. The van der Waals surface area contributed by atoms with Crippen LogP contribution in [0.5, 0.6) is 0 Å². The molecule has 0 aromatic carbocycles. The molecule has 0 radical (unpaired) electrons. The standard InChI is InChI=1S/C16H26ClN5O2/c1-10-6-11(22(15(23)24)16(2,3)4)9-21(8-10)13-7-12(17)19-14(18-5)20-13/h7,10-11H,6,8-9H2,1-5H3,(H,23,24)(H,18,19,20)/t10-,11-/m1/s1. The summed E-state index contributed by atoms with van der Waals surface area (Å²) in [6.07, 6.45) is -0.0594. The van der Waals surface area contributed by atoms with E-state index in [1.807, 2.05) is 20.8 Å². The maximum absolute atomic E-state index is 11.8. The zero-order valence-corrected chi connectivity index (χ0v) is 15.6. The highest BCUT2D eigenvalue weighted by Crippen LogP contribution is 2.29. The quantitative estimate of drug-likeness (QED) is 0.810. The predicted molar refractivity (Wildman–Crippen MR) is 96.0 cm³/mol. The van der Waals surface area contributed by atoms with Crippen molar-refractivity contribution < 1.29 is 9.90 Å². The Hall–Kier alpha value is -1.76. The summed E-state index contributed by atoms with van der Waals surface area (Å²) in [5.41, 5.74) is -0.460. The molecule has 1 aromatic rings. The molecule has 8 heteroatoms. The normalized spacial score (nSPS) is 21.5. The summed E-state index contributed by atoms with van der Waals surface area (Å²) in [5.74, 6) is 1.52. The second-order valence-electron chi connectivity index (χ2n) is 7.35. The maximum atomic E-state index is 11.8. The first kappa shape index (κ1) is 18.6. The second-order valence-corrected chi connectivity index (χ2v) is 7.73. The molecule has 2 atom stereocenters. The number of nitrogens with one attached hydrogen (secondary N) is 1. The van der Waals surface area contributed by atoms with Crippen molar-refractivity contribution in [2.45, 2.75) is 45.7 Å². The number of anilines is 2. The largest absolute Gasteiger partial charge is 0.465 e. The minimum absolute atomic E-state index is 0.0990. The smallest absolute Gasteiger partial charge is 0.408 e. The van der Waals surface area contributed by atoms with Gasteiger partial charge in [-0.25, -0.2) is 9.78 Å². The summed E-state index contributed by atoms with van der Waals surface area (Å²) in [6, 6.07) is 1.62. The molecular formula is C16H26ClN5O2. The molecule has 1 saturated heterocycles. The molecule has 1 amide bonds. The summed E-state index contributed by atoms with van der Waals surface area (Å²) < 4.78 is 0. The first-order valence-electron chi connectivity index (χ1n) is 8.11. The van der Waals surface area contributed by atoms with Gasteiger partial charge in [0.05, 0.1) is 6.04 Å². The van der Waals surface area contributed by atoms with Crippen molar-refractivity contribution >= 4 is 29.5 Å². The Morgan fingerprint density at radius 1 is 1.42 bits per heavy atom. The van der Waals surface area contributed by atoms with Crippen LogP contribution in [0, 0.1) is 5.92 Å². The van der Waals surface area contributed by atoms with Crippen LogP contribution in [0.1, 0.15) is 34.1 Å². The summed E-state index contributed by atoms with van der Waals surface area (Å²) in [4.78, 5) is 24.0. The molecule has 7 nitrogen and oxygen atoms in total. The molecule has 0 aliphatic carbocycles. The molecular weight excluding hydrogens is 330 g/mol. The molecule has 24 heavy (non-hydrogen) atoms. The van der Waals surface area contributed by atoms with E-state index in [1.54, 1.807) is 18.0 Å². The van der Waals surface area contributed by atoms with Crippen LogP contribution in [0.2, 0.25) is 5.15 Å². The third-order valence-electron chi connectivity index (χ3n) is 4.16. The van der Waals surface area contributed by atoms with Crippen LogP contribution >= 0.6 is 11.6 Å². The molecule has 2 heterocycles. The lowest BCUT2D eigenvalue weighted by atomic mass is 9.92. The van der Waals surface area contributed by atoms with E-state index >= 15 is 0 Å². The predicted octanol–water partition coefficient (Wildman–Crippen LogP) is 3.17. The molecule has 134 valence electrons. The molecule has 0 saturated carbocycles. The molecule has 1 aliphatic rings. The number of rotatable bonds is 3. The van der Waals surface area contributed by atoms with Crippen LogP contribution < -0.4 is 10.2 Å². The minimum Gasteiger partial charge on any atom is -0.465 e. The van der Waals surface area contributed by atoms with Crippen molar-refractivity contribution in [3.05, 3.63) is 11.2 Å². The number of carboxylic acid groups (broad SMARTS) is 1. The van der Waals surface area contributed by atoms with Crippen molar-refractivity contribution in [1.82, 2.24) is 14.9 Å².